The number of alkyl halides is 3. The van der Waals surface area contributed by atoms with Crippen molar-refractivity contribution in [3.63, 3.8) is 0 Å². The zero-order valence-corrected chi connectivity index (χ0v) is 16.7. The Kier molecular flexibility index (Phi) is 5.36. The minimum absolute atomic E-state index is 0.134. The normalized spacial score (nSPS) is 12.2. The lowest BCUT2D eigenvalue weighted by molar-refractivity contribution is -0.137. The molecule has 0 fully saturated rings. The third-order valence-electron chi connectivity index (χ3n) is 4.59. The van der Waals surface area contributed by atoms with E-state index in [4.69, 9.17) is 4.74 Å². The maximum absolute atomic E-state index is 12.6. The molecule has 11 heteroatoms. The Morgan fingerprint density at radius 3 is 2.52 bits per heavy atom. The summed E-state index contributed by atoms with van der Waals surface area (Å²) in [4.78, 5) is 9.33. The van der Waals surface area contributed by atoms with Gasteiger partial charge >= 0.3 is 6.18 Å². The molecule has 0 saturated carbocycles. The Bertz CT molecular complexity index is 1280. The number of fused-ring (bicyclic) bond motifs is 1. The smallest absolute Gasteiger partial charge is 0.416 e. The van der Waals surface area contributed by atoms with Crippen molar-refractivity contribution in [3.8, 4) is 5.75 Å². The highest BCUT2D eigenvalue weighted by atomic mass is 32.2. The number of imidazole rings is 1. The summed E-state index contributed by atoms with van der Waals surface area (Å²) in [5.41, 5.74) is 1.06. The number of benzene rings is 2. The van der Waals surface area contributed by atoms with E-state index in [9.17, 15) is 21.6 Å². The van der Waals surface area contributed by atoms with E-state index in [2.05, 4.69) is 19.7 Å². The quantitative estimate of drug-likeness (QED) is 0.390. The van der Waals surface area contributed by atoms with Crippen LogP contribution in [0.4, 0.5) is 18.9 Å². The molecular weight excluding hydrogens is 433 g/mol. The van der Waals surface area contributed by atoms with Gasteiger partial charge in [-0.05, 0) is 35.9 Å². The van der Waals surface area contributed by atoms with Gasteiger partial charge in [-0.3, -0.25) is 4.72 Å². The minimum atomic E-state index is -4.36. The number of hydrogen-bond donors (Lipinski definition) is 3. The molecule has 4 rings (SSSR count). The molecule has 0 atom stereocenters. The standard InChI is InChI=1S/C20H17F3N4O3S/c21-20(22,23)14-3-1-13(2-4-14)7-8-30-15-5-6-17-16(9-15)18(10-25-17)27-31(28,29)19-11-24-12-26-19/h1-6,9-12,25,27H,7-8H2,(H,24,26). The second kappa shape index (κ2) is 7.99. The van der Waals surface area contributed by atoms with Crippen LogP contribution in [0.15, 0.2) is 66.2 Å². The van der Waals surface area contributed by atoms with Crippen molar-refractivity contribution in [1.82, 2.24) is 15.0 Å². The first-order valence-electron chi connectivity index (χ1n) is 9.14. The predicted molar refractivity (Wildman–Crippen MR) is 108 cm³/mol. The Balaban J connectivity index is 1.44. The van der Waals surface area contributed by atoms with E-state index in [0.29, 0.717) is 34.3 Å². The number of aromatic amines is 2. The summed E-state index contributed by atoms with van der Waals surface area (Å²) in [6, 6.07) is 10.1. The van der Waals surface area contributed by atoms with Gasteiger partial charge in [0.15, 0.2) is 5.03 Å². The van der Waals surface area contributed by atoms with E-state index in [-0.39, 0.29) is 11.6 Å². The van der Waals surface area contributed by atoms with E-state index < -0.39 is 21.8 Å². The molecule has 4 aromatic rings. The van der Waals surface area contributed by atoms with Crippen molar-refractivity contribution in [3.05, 3.63) is 72.3 Å². The lowest BCUT2D eigenvalue weighted by Crippen LogP contribution is -2.13. The topological polar surface area (TPSA) is 99.9 Å². The first-order chi connectivity index (χ1) is 14.7. The zero-order valence-electron chi connectivity index (χ0n) is 15.9. The molecule has 31 heavy (non-hydrogen) atoms. The van der Waals surface area contributed by atoms with E-state index in [1.807, 2.05) is 0 Å². The fourth-order valence-electron chi connectivity index (χ4n) is 3.01. The molecule has 2 heterocycles. The summed E-state index contributed by atoms with van der Waals surface area (Å²) in [6.45, 7) is 0.246. The maximum atomic E-state index is 12.6. The number of ether oxygens (including phenoxy) is 1. The Morgan fingerprint density at radius 2 is 1.84 bits per heavy atom. The number of hydrogen-bond acceptors (Lipinski definition) is 4. The molecule has 162 valence electrons. The molecule has 3 N–H and O–H groups in total. The molecule has 7 nitrogen and oxygen atoms in total. The van der Waals surface area contributed by atoms with E-state index in [1.165, 1.54) is 30.9 Å². The fourth-order valence-corrected chi connectivity index (χ4v) is 3.99. The molecule has 0 spiro atoms. The van der Waals surface area contributed by atoms with Crippen LogP contribution < -0.4 is 9.46 Å². The number of H-pyrrole nitrogens is 2. The van der Waals surface area contributed by atoms with Crippen molar-refractivity contribution in [2.75, 3.05) is 11.3 Å². The lowest BCUT2D eigenvalue weighted by Gasteiger charge is -2.09. The van der Waals surface area contributed by atoms with Gasteiger partial charge in [0.2, 0.25) is 0 Å². The van der Waals surface area contributed by atoms with Gasteiger partial charge in [0.25, 0.3) is 10.0 Å². The first-order valence-corrected chi connectivity index (χ1v) is 10.6. The number of sulfonamides is 1. The number of rotatable bonds is 7. The van der Waals surface area contributed by atoms with Crippen LogP contribution in [-0.2, 0) is 22.6 Å². The summed E-state index contributed by atoms with van der Waals surface area (Å²) < 4.78 is 70.9. The SMILES string of the molecule is O=S(=O)(Nc1c[nH]c2ccc(OCCc3ccc(C(F)(F)F)cc3)cc12)c1c[nH]cn1. The Morgan fingerprint density at radius 1 is 1.06 bits per heavy atom. The van der Waals surface area contributed by atoms with Gasteiger partial charge in [-0.2, -0.15) is 21.6 Å². The van der Waals surface area contributed by atoms with E-state index in [0.717, 1.165) is 12.1 Å². The summed E-state index contributed by atoms with van der Waals surface area (Å²) in [5, 5.41) is 0.469. The van der Waals surface area contributed by atoms with Crippen LogP contribution >= 0.6 is 0 Å². The number of anilines is 1. The maximum Gasteiger partial charge on any atom is 0.416 e. The second-order valence-corrected chi connectivity index (χ2v) is 8.35. The Hall–Kier alpha value is -3.47. The van der Waals surface area contributed by atoms with Crippen LogP contribution in [0.25, 0.3) is 10.9 Å². The zero-order chi connectivity index (χ0) is 22.1. The van der Waals surface area contributed by atoms with Crippen LogP contribution in [0.5, 0.6) is 5.75 Å². The van der Waals surface area contributed by atoms with Crippen molar-refractivity contribution in [1.29, 1.82) is 0 Å². The summed E-state index contributed by atoms with van der Waals surface area (Å²) in [7, 11) is -3.84. The second-order valence-electron chi connectivity index (χ2n) is 6.72. The van der Waals surface area contributed by atoms with Crippen molar-refractivity contribution < 1.29 is 26.3 Å². The predicted octanol–water partition coefficient (Wildman–Crippen LogP) is 4.33. The van der Waals surface area contributed by atoms with Gasteiger partial charge in [0.05, 0.1) is 24.2 Å². The minimum Gasteiger partial charge on any atom is -0.493 e. The molecule has 0 aliphatic heterocycles. The largest absolute Gasteiger partial charge is 0.493 e. The highest BCUT2D eigenvalue weighted by Crippen LogP contribution is 2.30. The van der Waals surface area contributed by atoms with Crippen LogP contribution in [0.1, 0.15) is 11.1 Å². The van der Waals surface area contributed by atoms with Gasteiger partial charge in [-0.1, -0.05) is 12.1 Å². The highest BCUT2D eigenvalue weighted by Gasteiger charge is 2.29. The summed E-state index contributed by atoms with van der Waals surface area (Å²) in [6.07, 6.45) is 0.125. The third kappa shape index (κ3) is 4.66. The monoisotopic (exact) mass is 450 g/mol. The van der Waals surface area contributed by atoms with Crippen LogP contribution in [-0.4, -0.2) is 30.0 Å². The number of nitrogens with zero attached hydrogens (tertiary/aromatic N) is 1. The molecule has 0 radical (unpaired) electrons. The van der Waals surface area contributed by atoms with Gasteiger partial charge in [-0.25, -0.2) is 4.98 Å². The molecule has 0 amide bonds. The van der Waals surface area contributed by atoms with Crippen LogP contribution in [0.2, 0.25) is 0 Å². The van der Waals surface area contributed by atoms with Crippen molar-refractivity contribution in [2.24, 2.45) is 0 Å². The molecule has 0 aliphatic rings. The molecule has 0 unspecified atom stereocenters. The molecular formula is C20H17F3N4O3S. The van der Waals surface area contributed by atoms with E-state index in [1.54, 1.807) is 18.2 Å². The molecule has 0 saturated heterocycles. The molecule has 0 aliphatic carbocycles. The van der Waals surface area contributed by atoms with Gasteiger partial charge in [-0.15, -0.1) is 0 Å². The van der Waals surface area contributed by atoms with Crippen molar-refractivity contribution in [2.45, 2.75) is 17.6 Å². The van der Waals surface area contributed by atoms with Gasteiger partial charge in [0, 0.05) is 29.7 Å². The first kappa shape index (κ1) is 20.8. The van der Waals surface area contributed by atoms with Gasteiger partial charge < -0.3 is 14.7 Å². The molecule has 2 aromatic heterocycles. The van der Waals surface area contributed by atoms with Crippen LogP contribution in [0, 0.1) is 0 Å². The van der Waals surface area contributed by atoms with Gasteiger partial charge in [0.1, 0.15) is 5.75 Å². The molecule has 0 bridgehead atoms. The number of nitrogens with one attached hydrogen (secondary N) is 3. The Labute approximate surface area is 175 Å². The van der Waals surface area contributed by atoms with Crippen LogP contribution in [0.3, 0.4) is 0 Å². The third-order valence-corrected chi connectivity index (χ3v) is 5.85. The molecule has 2 aromatic carbocycles. The lowest BCUT2D eigenvalue weighted by atomic mass is 10.1. The van der Waals surface area contributed by atoms with E-state index >= 15 is 0 Å². The number of halogens is 3. The summed E-state index contributed by atoms with van der Waals surface area (Å²) >= 11 is 0. The highest BCUT2D eigenvalue weighted by molar-refractivity contribution is 7.92. The summed E-state index contributed by atoms with van der Waals surface area (Å²) in [5.74, 6) is 0.499. The number of aromatic nitrogens is 3. The fraction of sp³-hybridized carbons (Fsp3) is 0.150. The average molecular weight is 450 g/mol. The average Bonchev–Trinajstić information content (AvgIpc) is 3.39. The van der Waals surface area contributed by atoms with Crippen molar-refractivity contribution >= 4 is 26.6 Å².